The first-order chi connectivity index (χ1) is 14.7. The molecule has 0 aromatic carbocycles. The number of fused-ring (bicyclic) bond motifs is 1. The molecule has 30 heavy (non-hydrogen) atoms. The minimum absolute atomic E-state index is 0.159. The van der Waals surface area contributed by atoms with E-state index in [1.807, 2.05) is 31.2 Å². The molecule has 0 aliphatic carbocycles. The van der Waals surface area contributed by atoms with E-state index in [0.29, 0.717) is 18.3 Å². The molecule has 0 aliphatic rings. The summed E-state index contributed by atoms with van der Waals surface area (Å²) < 4.78 is 7.12. The number of ether oxygens (including phenoxy) is 1. The quantitative estimate of drug-likeness (QED) is 0.464. The Bertz CT molecular complexity index is 1330. The fourth-order valence-electron chi connectivity index (χ4n) is 2.99. The molecule has 0 aliphatic heterocycles. The standard InChI is InChI=1S/C20H15N7O2S/c1-12-18(30-17(23-12)11-29-19-21-8-3-9-22-19)15-5-2-4-14(24-15)13-6-7-16-25-26-20(28)27(16)10-13/h2-10H,11H2,1H3,(H,26,28). The normalized spacial score (nSPS) is 11.1. The zero-order valence-corrected chi connectivity index (χ0v) is 16.6. The summed E-state index contributed by atoms with van der Waals surface area (Å²) in [5, 5.41) is 18.2. The summed E-state index contributed by atoms with van der Waals surface area (Å²) >= 11 is 1.52. The van der Waals surface area contributed by atoms with E-state index in [1.54, 1.807) is 30.7 Å². The van der Waals surface area contributed by atoms with E-state index in [0.717, 1.165) is 32.5 Å². The van der Waals surface area contributed by atoms with Crippen molar-refractivity contribution in [3.8, 4) is 33.8 Å². The predicted molar refractivity (Wildman–Crippen MR) is 110 cm³/mol. The van der Waals surface area contributed by atoms with Crippen molar-refractivity contribution in [1.82, 2.24) is 34.5 Å². The van der Waals surface area contributed by atoms with Gasteiger partial charge < -0.3 is 9.84 Å². The van der Waals surface area contributed by atoms with Crippen LogP contribution in [0.5, 0.6) is 12.0 Å². The molecular formula is C20H15N7O2S. The zero-order chi connectivity index (χ0) is 20.5. The fourth-order valence-corrected chi connectivity index (χ4v) is 3.94. The van der Waals surface area contributed by atoms with Crippen LogP contribution < -0.4 is 4.74 Å². The van der Waals surface area contributed by atoms with Gasteiger partial charge in [0.05, 0.1) is 22.0 Å². The molecule has 0 atom stereocenters. The van der Waals surface area contributed by atoms with Crippen LogP contribution in [0.3, 0.4) is 0 Å². The van der Waals surface area contributed by atoms with Crippen LogP contribution in [0.25, 0.3) is 27.5 Å². The van der Waals surface area contributed by atoms with E-state index >= 15 is 0 Å². The first kappa shape index (κ1) is 18.1. The van der Waals surface area contributed by atoms with Crippen LogP contribution >= 0.6 is 11.3 Å². The number of rotatable bonds is 5. The highest BCUT2D eigenvalue weighted by atomic mass is 32.1. The summed E-state index contributed by atoms with van der Waals surface area (Å²) in [5.41, 5.74) is 3.87. The molecule has 10 heteroatoms. The Morgan fingerprint density at radius 2 is 1.83 bits per heavy atom. The average molecular weight is 417 g/mol. The second kappa shape index (κ2) is 7.48. The first-order valence-corrected chi connectivity index (χ1v) is 9.87. The highest BCUT2D eigenvalue weighted by molar-refractivity contribution is 7.15. The number of aromatic nitrogens is 7. The molecule has 0 radical (unpaired) electrons. The molecule has 5 heterocycles. The molecule has 0 fully saturated rings. The van der Waals surface area contributed by atoms with Crippen molar-refractivity contribution < 1.29 is 9.84 Å². The summed E-state index contributed by atoms with van der Waals surface area (Å²) in [6, 6.07) is 11.4. The molecule has 5 aromatic heterocycles. The Morgan fingerprint density at radius 1 is 1.00 bits per heavy atom. The van der Waals surface area contributed by atoms with Gasteiger partial charge in [-0.05, 0) is 37.3 Å². The number of aromatic hydroxyl groups is 1. The van der Waals surface area contributed by atoms with Gasteiger partial charge in [0.25, 0.3) is 0 Å². The van der Waals surface area contributed by atoms with E-state index in [4.69, 9.17) is 9.72 Å². The van der Waals surface area contributed by atoms with Gasteiger partial charge in [0.1, 0.15) is 11.6 Å². The summed E-state index contributed by atoms with van der Waals surface area (Å²) in [6.45, 7) is 2.24. The summed E-state index contributed by atoms with van der Waals surface area (Å²) in [7, 11) is 0. The van der Waals surface area contributed by atoms with E-state index in [2.05, 4.69) is 25.1 Å². The Balaban J connectivity index is 1.43. The van der Waals surface area contributed by atoms with Crippen LogP contribution in [0, 0.1) is 6.92 Å². The van der Waals surface area contributed by atoms with Crippen molar-refractivity contribution in [2.75, 3.05) is 0 Å². The summed E-state index contributed by atoms with van der Waals surface area (Å²) in [6.07, 6.45) is 5.02. The van der Waals surface area contributed by atoms with Gasteiger partial charge in [-0.1, -0.05) is 11.2 Å². The van der Waals surface area contributed by atoms with E-state index in [9.17, 15) is 5.11 Å². The lowest BCUT2D eigenvalue weighted by Crippen LogP contribution is -1.98. The van der Waals surface area contributed by atoms with Crippen LogP contribution in [-0.2, 0) is 6.61 Å². The Morgan fingerprint density at radius 3 is 2.70 bits per heavy atom. The van der Waals surface area contributed by atoms with Crippen molar-refractivity contribution in [1.29, 1.82) is 0 Å². The molecule has 0 spiro atoms. The van der Waals surface area contributed by atoms with Gasteiger partial charge in [-0.25, -0.2) is 19.9 Å². The third-order valence-electron chi connectivity index (χ3n) is 4.37. The average Bonchev–Trinajstić information content (AvgIpc) is 3.35. The number of aryl methyl sites for hydroxylation is 1. The molecule has 5 rings (SSSR count). The van der Waals surface area contributed by atoms with Gasteiger partial charge in [-0.3, -0.25) is 4.40 Å². The predicted octanol–water partition coefficient (Wildman–Crippen LogP) is 3.30. The molecule has 5 aromatic rings. The van der Waals surface area contributed by atoms with Gasteiger partial charge in [0.2, 0.25) is 0 Å². The van der Waals surface area contributed by atoms with Gasteiger partial charge in [0, 0.05) is 24.2 Å². The van der Waals surface area contributed by atoms with Crippen molar-refractivity contribution in [2.24, 2.45) is 0 Å². The maximum atomic E-state index is 9.83. The van der Waals surface area contributed by atoms with Crippen molar-refractivity contribution >= 4 is 17.0 Å². The van der Waals surface area contributed by atoms with Gasteiger partial charge in [0.15, 0.2) is 5.65 Å². The van der Waals surface area contributed by atoms with E-state index < -0.39 is 0 Å². The third kappa shape index (κ3) is 3.44. The monoisotopic (exact) mass is 417 g/mol. The van der Waals surface area contributed by atoms with Gasteiger partial charge >= 0.3 is 12.0 Å². The van der Waals surface area contributed by atoms with E-state index in [1.165, 1.54) is 15.7 Å². The van der Waals surface area contributed by atoms with Gasteiger partial charge in [-0.2, -0.15) is 0 Å². The smallest absolute Gasteiger partial charge is 0.319 e. The van der Waals surface area contributed by atoms with Gasteiger partial charge in [-0.15, -0.1) is 16.4 Å². The lowest BCUT2D eigenvalue weighted by atomic mass is 10.1. The second-order valence-corrected chi connectivity index (χ2v) is 7.48. The topological polar surface area (TPSA) is 111 Å². The number of pyridine rings is 2. The number of nitrogens with zero attached hydrogens (tertiary/aromatic N) is 7. The molecule has 0 amide bonds. The molecule has 0 saturated carbocycles. The Hall–Kier alpha value is -3.92. The highest BCUT2D eigenvalue weighted by Gasteiger charge is 2.13. The Kier molecular flexibility index (Phi) is 4.52. The SMILES string of the molecule is Cc1nc(COc2ncccn2)sc1-c1cccc(-c2ccc3nnc(O)n3c2)n1. The summed E-state index contributed by atoms with van der Waals surface area (Å²) in [5.74, 6) is 0. The van der Waals surface area contributed by atoms with Crippen molar-refractivity contribution in [3.63, 3.8) is 0 Å². The lowest BCUT2D eigenvalue weighted by molar-refractivity contribution is 0.280. The highest BCUT2D eigenvalue weighted by Crippen LogP contribution is 2.31. The third-order valence-corrected chi connectivity index (χ3v) is 5.52. The minimum atomic E-state index is -0.159. The van der Waals surface area contributed by atoms with Crippen molar-refractivity contribution in [3.05, 3.63) is 65.7 Å². The first-order valence-electron chi connectivity index (χ1n) is 9.05. The molecule has 0 bridgehead atoms. The van der Waals surface area contributed by atoms with E-state index in [-0.39, 0.29) is 6.01 Å². The molecular weight excluding hydrogens is 402 g/mol. The number of hydrogen-bond acceptors (Lipinski definition) is 9. The molecule has 9 nitrogen and oxygen atoms in total. The number of hydrogen-bond donors (Lipinski definition) is 1. The number of thiazole rings is 1. The molecule has 0 saturated heterocycles. The fraction of sp³-hybridized carbons (Fsp3) is 0.100. The zero-order valence-electron chi connectivity index (χ0n) is 15.8. The largest absolute Gasteiger partial charge is 0.479 e. The lowest BCUT2D eigenvalue weighted by Gasteiger charge is -2.05. The van der Waals surface area contributed by atoms with Crippen molar-refractivity contribution in [2.45, 2.75) is 13.5 Å². The summed E-state index contributed by atoms with van der Waals surface area (Å²) in [4.78, 5) is 18.5. The maximum absolute atomic E-state index is 9.83. The van der Waals surface area contributed by atoms with Crippen LogP contribution in [0.4, 0.5) is 0 Å². The molecule has 0 unspecified atom stereocenters. The Labute approximate surface area is 174 Å². The second-order valence-electron chi connectivity index (χ2n) is 6.40. The molecule has 148 valence electrons. The molecule has 1 N–H and O–H groups in total. The van der Waals surface area contributed by atoms with Crippen LogP contribution in [0.1, 0.15) is 10.7 Å². The van der Waals surface area contributed by atoms with Crippen LogP contribution in [-0.4, -0.2) is 39.6 Å². The minimum Gasteiger partial charge on any atom is -0.479 e. The maximum Gasteiger partial charge on any atom is 0.319 e. The van der Waals surface area contributed by atoms with Crippen LogP contribution in [0.2, 0.25) is 0 Å². The van der Waals surface area contributed by atoms with Crippen LogP contribution in [0.15, 0.2) is 55.0 Å².